The van der Waals surface area contributed by atoms with E-state index in [0.717, 1.165) is 11.1 Å². The predicted octanol–water partition coefficient (Wildman–Crippen LogP) is 3.34. The van der Waals surface area contributed by atoms with Crippen molar-refractivity contribution in [2.45, 2.75) is 32.9 Å². The Morgan fingerprint density at radius 3 is 2.86 bits per heavy atom. The second-order valence-corrected chi connectivity index (χ2v) is 7.01. The standard InChI is InChI=1S/C20H19ClN4O3/c1-3-18-23-25(20(27)16-10-17-15(24(16)18)7-8-28-17)12(2)19(26)22-11-13-5-4-6-14(21)9-13/h4-10,12H,3,11H2,1-2H3,(H,22,26)/t12-/m0/s1. The van der Waals surface area contributed by atoms with Gasteiger partial charge < -0.3 is 9.73 Å². The molecule has 0 aliphatic rings. The summed E-state index contributed by atoms with van der Waals surface area (Å²) in [5.41, 5.74) is 2.39. The average molecular weight is 399 g/mol. The van der Waals surface area contributed by atoms with Gasteiger partial charge in [0.25, 0.3) is 5.56 Å². The van der Waals surface area contributed by atoms with Gasteiger partial charge in [0, 0.05) is 30.1 Å². The second kappa shape index (κ2) is 7.16. The zero-order valence-corrected chi connectivity index (χ0v) is 16.2. The summed E-state index contributed by atoms with van der Waals surface area (Å²) in [6, 6.07) is 9.98. The van der Waals surface area contributed by atoms with E-state index < -0.39 is 6.04 Å². The Balaban J connectivity index is 1.66. The molecule has 0 bridgehead atoms. The normalized spacial score (nSPS) is 12.5. The number of hydrogen-bond acceptors (Lipinski definition) is 4. The number of halogens is 1. The van der Waals surface area contributed by atoms with Crippen LogP contribution in [-0.2, 0) is 17.8 Å². The lowest BCUT2D eigenvalue weighted by molar-refractivity contribution is -0.124. The van der Waals surface area contributed by atoms with Gasteiger partial charge in [-0.15, -0.1) is 0 Å². The largest absolute Gasteiger partial charge is 0.463 e. The Hall–Kier alpha value is -3.06. The summed E-state index contributed by atoms with van der Waals surface area (Å²) >= 11 is 5.97. The zero-order valence-electron chi connectivity index (χ0n) is 15.5. The van der Waals surface area contributed by atoms with Crippen molar-refractivity contribution in [3.63, 3.8) is 0 Å². The molecular formula is C20H19ClN4O3. The highest BCUT2D eigenvalue weighted by Crippen LogP contribution is 2.21. The third kappa shape index (κ3) is 3.07. The van der Waals surface area contributed by atoms with Crippen molar-refractivity contribution in [3.05, 3.63) is 69.4 Å². The molecule has 0 spiro atoms. The number of aryl methyl sites for hydroxylation is 1. The molecule has 0 radical (unpaired) electrons. The number of hydrogen-bond donors (Lipinski definition) is 1. The predicted molar refractivity (Wildman–Crippen MR) is 107 cm³/mol. The Labute approximate surface area is 165 Å². The van der Waals surface area contributed by atoms with E-state index in [1.807, 2.05) is 19.1 Å². The number of benzene rings is 1. The van der Waals surface area contributed by atoms with Crippen LogP contribution in [0.15, 0.2) is 51.9 Å². The average Bonchev–Trinajstić information content (AvgIpc) is 3.28. The Morgan fingerprint density at radius 2 is 2.11 bits per heavy atom. The van der Waals surface area contributed by atoms with Crippen molar-refractivity contribution >= 4 is 34.1 Å². The van der Waals surface area contributed by atoms with E-state index in [-0.39, 0.29) is 11.5 Å². The molecule has 28 heavy (non-hydrogen) atoms. The van der Waals surface area contributed by atoms with Crippen LogP contribution in [0.25, 0.3) is 16.6 Å². The van der Waals surface area contributed by atoms with Crippen LogP contribution in [0, 0.1) is 0 Å². The van der Waals surface area contributed by atoms with Crippen LogP contribution in [0.3, 0.4) is 0 Å². The second-order valence-electron chi connectivity index (χ2n) is 6.58. The number of amides is 1. The van der Waals surface area contributed by atoms with Crippen LogP contribution in [0.2, 0.25) is 5.02 Å². The molecule has 4 rings (SSSR count). The van der Waals surface area contributed by atoms with E-state index in [9.17, 15) is 9.59 Å². The van der Waals surface area contributed by atoms with Gasteiger partial charge in [-0.25, -0.2) is 4.68 Å². The lowest BCUT2D eigenvalue weighted by Crippen LogP contribution is -2.38. The quantitative estimate of drug-likeness (QED) is 0.559. The van der Waals surface area contributed by atoms with Gasteiger partial charge >= 0.3 is 0 Å². The van der Waals surface area contributed by atoms with Gasteiger partial charge in [-0.2, -0.15) is 5.10 Å². The molecule has 7 nitrogen and oxygen atoms in total. The fourth-order valence-electron chi connectivity index (χ4n) is 3.28. The highest BCUT2D eigenvalue weighted by molar-refractivity contribution is 6.30. The van der Waals surface area contributed by atoms with Crippen LogP contribution < -0.4 is 10.9 Å². The van der Waals surface area contributed by atoms with Crippen LogP contribution in [0.1, 0.15) is 31.3 Å². The summed E-state index contributed by atoms with van der Waals surface area (Å²) < 4.78 is 8.44. The first kappa shape index (κ1) is 18.3. The fraction of sp³-hybridized carbons (Fsp3) is 0.250. The van der Waals surface area contributed by atoms with Gasteiger partial charge in [0.2, 0.25) is 5.91 Å². The molecule has 3 aromatic heterocycles. The lowest BCUT2D eigenvalue weighted by Gasteiger charge is -2.16. The molecule has 4 aromatic rings. The number of fused-ring (bicyclic) bond motifs is 3. The molecule has 0 aliphatic heterocycles. The number of carbonyl (C=O) groups excluding carboxylic acids is 1. The molecule has 0 unspecified atom stereocenters. The number of carbonyl (C=O) groups is 1. The summed E-state index contributed by atoms with van der Waals surface area (Å²) in [6.07, 6.45) is 2.18. The number of nitrogens with one attached hydrogen (secondary N) is 1. The van der Waals surface area contributed by atoms with Gasteiger partial charge in [0.15, 0.2) is 5.58 Å². The highest BCUT2D eigenvalue weighted by atomic mass is 35.5. The molecule has 1 N–H and O–H groups in total. The maximum atomic E-state index is 13.0. The van der Waals surface area contributed by atoms with Crippen molar-refractivity contribution in [2.75, 3.05) is 0 Å². The zero-order chi connectivity index (χ0) is 19.8. The molecule has 3 heterocycles. The van der Waals surface area contributed by atoms with Crippen molar-refractivity contribution < 1.29 is 9.21 Å². The third-order valence-electron chi connectivity index (χ3n) is 4.75. The first-order chi connectivity index (χ1) is 13.5. The Kier molecular flexibility index (Phi) is 4.68. The minimum absolute atomic E-state index is 0.295. The van der Waals surface area contributed by atoms with Crippen molar-refractivity contribution in [2.24, 2.45) is 0 Å². The molecule has 1 aromatic carbocycles. The molecule has 1 atom stereocenters. The van der Waals surface area contributed by atoms with E-state index in [1.165, 1.54) is 4.68 Å². The van der Waals surface area contributed by atoms with Crippen LogP contribution in [0.4, 0.5) is 0 Å². The molecule has 1 amide bonds. The van der Waals surface area contributed by atoms with E-state index in [0.29, 0.717) is 34.9 Å². The number of aromatic nitrogens is 3. The van der Waals surface area contributed by atoms with E-state index in [1.54, 1.807) is 41.9 Å². The molecule has 0 saturated carbocycles. The Bertz CT molecular complexity index is 1240. The van der Waals surface area contributed by atoms with Gasteiger partial charge in [0.1, 0.15) is 17.4 Å². The van der Waals surface area contributed by atoms with E-state index in [4.69, 9.17) is 16.0 Å². The monoisotopic (exact) mass is 398 g/mol. The van der Waals surface area contributed by atoms with Crippen LogP contribution in [0.5, 0.6) is 0 Å². The minimum Gasteiger partial charge on any atom is -0.463 e. The fourth-order valence-corrected chi connectivity index (χ4v) is 3.49. The van der Waals surface area contributed by atoms with E-state index in [2.05, 4.69) is 10.4 Å². The SMILES string of the molecule is CCc1nn([C@@H](C)C(=O)NCc2cccc(Cl)c2)c(=O)c2cc3occc3n12. The first-order valence-electron chi connectivity index (χ1n) is 9.02. The number of furan rings is 1. The van der Waals surface area contributed by atoms with Gasteiger partial charge in [-0.05, 0) is 24.6 Å². The smallest absolute Gasteiger partial charge is 0.291 e. The molecule has 0 fully saturated rings. The molecule has 144 valence electrons. The lowest BCUT2D eigenvalue weighted by atomic mass is 10.2. The van der Waals surface area contributed by atoms with Crippen molar-refractivity contribution in [1.82, 2.24) is 19.5 Å². The molecule has 8 heteroatoms. The van der Waals surface area contributed by atoms with Crippen LogP contribution >= 0.6 is 11.6 Å². The minimum atomic E-state index is -0.761. The Morgan fingerprint density at radius 1 is 1.29 bits per heavy atom. The molecule has 0 saturated heterocycles. The topological polar surface area (TPSA) is 81.5 Å². The van der Waals surface area contributed by atoms with Gasteiger partial charge in [0.05, 0.1) is 11.8 Å². The van der Waals surface area contributed by atoms with Gasteiger partial charge in [-0.1, -0.05) is 30.7 Å². The summed E-state index contributed by atoms with van der Waals surface area (Å²) in [5.74, 6) is 0.386. The number of rotatable bonds is 5. The summed E-state index contributed by atoms with van der Waals surface area (Å²) in [7, 11) is 0. The third-order valence-corrected chi connectivity index (χ3v) is 4.98. The molecule has 0 aliphatic carbocycles. The first-order valence-corrected chi connectivity index (χ1v) is 9.40. The summed E-state index contributed by atoms with van der Waals surface area (Å²) in [4.78, 5) is 25.6. The maximum absolute atomic E-state index is 13.0. The van der Waals surface area contributed by atoms with Crippen LogP contribution in [-0.4, -0.2) is 20.1 Å². The summed E-state index contributed by atoms with van der Waals surface area (Å²) in [6.45, 7) is 3.93. The van der Waals surface area contributed by atoms with Crippen molar-refractivity contribution in [3.8, 4) is 0 Å². The van der Waals surface area contributed by atoms with Gasteiger partial charge in [-0.3, -0.25) is 14.0 Å². The number of nitrogens with zero attached hydrogens (tertiary/aromatic N) is 3. The summed E-state index contributed by atoms with van der Waals surface area (Å²) in [5, 5.41) is 7.90. The molecular weight excluding hydrogens is 380 g/mol. The maximum Gasteiger partial charge on any atom is 0.291 e. The van der Waals surface area contributed by atoms with Crippen molar-refractivity contribution in [1.29, 1.82) is 0 Å². The highest BCUT2D eigenvalue weighted by Gasteiger charge is 2.22. The van der Waals surface area contributed by atoms with E-state index >= 15 is 0 Å².